The molecule has 104 valence electrons. The van der Waals surface area contributed by atoms with Crippen LogP contribution in [0.15, 0.2) is 28.8 Å². The zero-order chi connectivity index (χ0) is 14.1. The Balaban J connectivity index is 1.88. The quantitative estimate of drug-likeness (QED) is 0.843. The van der Waals surface area contributed by atoms with Crippen molar-refractivity contribution in [1.29, 1.82) is 0 Å². The van der Waals surface area contributed by atoms with Crippen LogP contribution in [0.2, 0.25) is 0 Å². The highest BCUT2D eigenvalue weighted by Crippen LogP contribution is 2.23. The molecule has 0 saturated heterocycles. The second-order valence-corrected chi connectivity index (χ2v) is 5.16. The van der Waals surface area contributed by atoms with E-state index in [0.29, 0.717) is 24.3 Å². The van der Waals surface area contributed by atoms with Crippen LogP contribution in [0.5, 0.6) is 0 Å². The normalized spacial score (nSPS) is 14.2. The van der Waals surface area contributed by atoms with Crippen molar-refractivity contribution in [2.75, 3.05) is 6.54 Å². The molecular weight excluding hydrogens is 252 g/mol. The summed E-state index contributed by atoms with van der Waals surface area (Å²) in [6.45, 7) is 5.21. The molecule has 0 spiro atoms. The molecule has 1 aliphatic rings. The Morgan fingerprint density at radius 2 is 2.10 bits per heavy atom. The third-order valence-electron chi connectivity index (χ3n) is 3.90. The molecule has 20 heavy (non-hydrogen) atoms. The fourth-order valence-electron chi connectivity index (χ4n) is 2.76. The highest BCUT2D eigenvalue weighted by atomic mass is 16.5. The van der Waals surface area contributed by atoms with E-state index in [1.165, 1.54) is 11.1 Å². The molecule has 2 aromatic rings. The smallest absolute Gasteiger partial charge is 0.259 e. The highest BCUT2D eigenvalue weighted by Gasteiger charge is 2.26. The van der Waals surface area contributed by atoms with E-state index in [1.54, 1.807) is 6.92 Å². The average Bonchev–Trinajstić information content (AvgIpc) is 2.87. The van der Waals surface area contributed by atoms with Crippen molar-refractivity contribution in [3.63, 3.8) is 0 Å². The number of fused-ring (bicyclic) bond motifs is 1. The third kappa shape index (κ3) is 2.11. The molecule has 2 heterocycles. The van der Waals surface area contributed by atoms with E-state index < -0.39 is 0 Å². The Morgan fingerprint density at radius 1 is 1.35 bits per heavy atom. The summed E-state index contributed by atoms with van der Waals surface area (Å²) >= 11 is 0. The van der Waals surface area contributed by atoms with Gasteiger partial charge in [-0.15, -0.1) is 0 Å². The second kappa shape index (κ2) is 5.12. The number of carbonyl (C=O) groups is 1. The van der Waals surface area contributed by atoms with Gasteiger partial charge < -0.3 is 9.42 Å². The number of hydrogen-bond acceptors (Lipinski definition) is 3. The monoisotopic (exact) mass is 270 g/mol. The van der Waals surface area contributed by atoms with Crippen molar-refractivity contribution in [3.05, 3.63) is 52.4 Å². The minimum absolute atomic E-state index is 0.0371. The highest BCUT2D eigenvalue weighted by molar-refractivity contribution is 5.96. The molecule has 0 aliphatic carbocycles. The number of hydrogen-bond donors (Lipinski definition) is 0. The van der Waals surface area contributed by atoms with Crippen LogP contribution in [-0.4, -0.2) is 22.5 Å². The van der Waals surface area contributed by atoms with E-state index in [0.717, 1.165) is 18.7 Å². The van der Waals surface area contributed by atoms with E-state index in [1.807, 2.05) is 17.9 Å². The first kappa shape index (κ1) is 12.9. The van der Waals surface area contributed by atoms with Gasteiger partial charge in [-0.3, -0.25) is 4.79 Å². The predicted octanol–water partition coefficient (Wildman–Crippen LogP) is 2.74. The summed E-state index contributed by atoms with van der Waals surface area (Å²) in [5.41, 5.74) is 3.98. The lowest BCUT2D eigenvalue weighted by Gasteiger charge is -2.28. The van der Waals surface area contributed by atoms with Crippen molar-refractivity contribution in [1.82, 2.24) is 10.1 Å². The SMILES string of the molecule is CCc1noc(C)c1C(=O)N1CCc2ccccc2C1. The topological polar surface area (TPSA) is 46.3 Å². The lowest BCUT2D eigenvalue weighted by molar-refractivity contribution is 0.0732. The van der Waals surface area contributed by atoms with Gasteiger partial charge in [0.15, 0.2) is 0 Å². The number of rotatable bonds is 2. The number of carbonyl (C=O) groups excluding carboxylic acids is 1. The van der Waals surface area contributed by atoms with Gasteiger partial charge >= 0.3 is 0 Å². The van der Waals surface area contributed by atoms with Crippen molar-refractivity contribution in [2.45, 2.75) is 33.2 Å². The summed E-state index contributed by atoms with van der Waals surface area (Å²) in [4.78, 5) is 14.6. The van der Waals surface area contributed by atoms with Gasteiger partial charge in [-0.1, -0.05) is 36.3 Å². The molecule has 1 amide bonds. The van der Waals surface area contributed by atoms with Gasteiger partial charge in [0.05, 0.1) is 5.69 Å². The molecule has 0 radical (unpaired) electrons. The summed E-state index contributed by atoms with van der Waals surface area (Å²) < 4.78 is 5.17. The molecule has 0 fully saturated rings. The van der Waals surface area contributed by atoms with Gasteiger partial charge in [-0.25, -0.2) is 0 Å². The summed E-state index contributed by atoms with van der Waals surface area (Å²) in [7, 11) is 0. The van der Waals surface area contributed by atoms with Gasteiger partial charge in [-0.05, 0) is 30.9 Å². The van der Waals surface area contributed by atoms with Gasteiger partial charge in [0.2, 0.25) is 0 Å². The zero-order valence-corrected chi connectivity index (χ0v) is 11.8. The van der Waals surface area contributed by atoms with Crippen LogP contribution >= 0.6 is 0 Å². The number of aromatic nitrogens is 1. The van der Waals surface area contributed by atoms with Crippen molar-refractivity contribution in [2.24, 2.45) is 0 Å². The standard InChI is InChI=1S/C16H18N2O2/c1-3-14-15(11(2)20-17-14)16(19)18-9-8-12-6-4-5-7-13(12)10-18/h4-7H,3,8-10H2,1-2H3. The molecule has 0 unspecified atom stereocenters. The second-order valence-electron chi connectivity index (χ2n) is 5.16. The largest absolute Gasteiger partial charge is 0.361 e. The van der Waals surface area contributed by atoms with E-state index >= 15 is 0 Å². The number of benzene rings is 1. The first-order valence-electron chi connectivity index (χ1n) is 7.02. The number of amides is 1. The van der Waals surface area contributed by atoms with Crippen LogP contribution in [0.1, 0.15) is 39.9 Å². The van der Waals surface area contributed by atoms with Crippen molar-refractivity contribution in [3.8, 4) is 0 Å². The van der Waals surface area contributed by atoms with Crippen LogP contribution in [0.4, 0.5) is 0 Å². The first-order chi connectivity index (χ1) is 9.70. The van der Waals surface area contributed by atoms with E-state index in [9.17, 15) is 4.79 Å². The van der Waals surface area contributed by atoms with Crippen LogP contribution in [-0.2, 0) is 19.4 Å². The number of aryl methyl sites for hydroxylation is 2. The van der Waals surface area contributed by atoms with Crippen molar-refractivity contribution < 1.29 is 9.32 Å². The minimum atomic E-state index is 0.0371. The van der Waals surface area contributed by atoms with Crippen LogP contribution in [0.25, 0.3) is 0 Å². The fourth-order valence-corrected chi connectivity index (χ4v) is 2.76. The number of nitrogens with zero attached hydrogens (tertiary/aromatic N) is 2. The summed E-state index contributed by atoms with van der Waals surface area (Å²) in [6.07, 6.45) is 1.62. The molecular formula is C16H18N2O2. The molecule has 0 atom stereocenters. The molecule has 3 rings (SSSR count). The summed E-state index contributed by atoms with van der Waals surface area (Å²) in [5.74, 6) is 0.654. The lowest BCUT2D eigenvalue weighted by Crippen LogP contribution is -2.36. The minimum Gasteiger partial charge on any atom is -0.361 e. The Hall–Kier alpha value is -2.10. The third-order valence-corrected chi connectivity index (χ3v) is 3.90. The Morgan fingerprint density at radius 3 is 2.85 bits per heavy atom. The van der Waals surface area contributed by atoms with Crippen LogP contribution < -0.4 is 0 Å². The van der Waals surface area contributed by atoms with Gasteiger partial charge in [0.1, 0.15) is 11.3 Å². The molecule has 0 bridgehead atoms. The maximum absolute atomic E-state index is 12.7. The maximum atomic E-state index is 12.7. The van der Waals surface area contributed by atoms with Crippen LogP contribution in [0.3, 0.4) is 0 Å². The molecule has 1 aromatic carbocycles. The first-order valence-corrected chi connectivity index (χ1v) is 7.02. The fraction of sp³-hybridized carbons (Fsp3) is 0.375. The summed E-state index contributed by atoms with van der Waals surface area (Å²) in [5, 5.41) is 3.97. The maximum Gasteiger partial charge on any atom is 0.259 e. The van der Waals surface area contributed by atoms with Gasteiger partial charge in [0.25, 0.3) is 5.91 Å². The molecule has 0 saturated carbocycles. The van der Waals surface area contributed by atoms with E-state index in [2.05, 4.69) is 23.4 Å². The molecule has 4 heteroatoms. The summed E-state index contributed by atoms with van der Waals surface area (Å²) in [6, 6.07) is 8.31. The average molecular weight is 270 g/mol. The Labute approximate surface area is 118 Å². The van der Waals surface area contributed by atoms with Gasteiger partial charge in [-0.2, -0.15) is 0 Å². The Bertz CT molecular complexity index is 646. The van der Waals surface area contributed by atoms with Crippen LogP contribution in [0, 0.1) is 6.92 Å². The molecule has 4 nitrogen and oxygen atoms in total. The molecule has 1 aromatic heterocycles. The molecule has 1 aliphatic heterocycles. The Kier molecular flexibility index (Phi) is 3.30. The van der Waals surface area contributed by atoms with E-state index in [4.69, 9.17) is 4.52 Å². The lowest BCUT2D eigenvalue weighted by atomic mass is 9.99. The molecule has 0 N–H and O–H groups in total. The van der Waals surface area contributed by atoms with Crippen molar-refractivity contribution >= 4 is 5.91 Å². The predicted molar refractivity (Wildman–Crippen MR) is 75.5 cm³/mol. The van der Waals surface area contributed by atoms with E-state index in [-0.39, 0.29) is 5.91 Å². The van der Waals surface area contributed by atoms with Gasteiger partial charge in [0, 0.05) is 13.1 Å². The zero-order valence-electron chi connectivity index (χ0n) is 11.8.